The van der Waals surface area contributed by atoms with E-state index in [4.69, 9.17) is 5.26 Å². The molecule has 0 radical (unpaired) electrons. The van der Waals surface area contributed by atoms with Crippen molar-refractivity contribution in [3.8, 4) is 6.07 Å². The van der Waals surface area contributed by atoms with Gasteiger partial charge in [0.15, 0.2) is 0 Å². The summed E-state index contributed by atoms with van der Waals surface area (Å²) in [5.41, 5.74) is -0.335. The minimum absolute atomic E-state index is 0.335. The molecule has 0 atom stereocenters. The highest BCUT2D eigenvalue weighted by Crippen LogP contribution is 2.22. The molecule has 0 aliphatic heterocycles. The SMILES string of the molecule is CC.CC1(C#N)C=CCC=C1. The normalized spacial score (nSPS) is 18.0. The van der Waals surface area contributed by atoms with Crippen molar-refractivity contribution >= 4 is 0 Å². The average molecular weight is 149 g/mol. The standard InChI is InChI=1S/C8H9N.C2H6/c1-8(7-9)5-3-2-4-6-8;1-2/h3-6H,2H2,1H3;1-2H3. The number of nitrogens with zero attached hydrogens (tertiary/aromatic N) is 1. The van der Waals surface area contributed by atoms with Crippen LogP contribution in [0.25, 0.3) is 0 Å². The maximum atomic E-state index is 8.60. The van der Waals surface area contributed by atoms with Crippen molar-refractivity contribution in [1.82, 2.24) is 0 Å². The summed E-state index contributed by atoms with van der Waals surface area (Å²) < 4.78 is 0. The van der Waals surface area contributed by atoms with Crippen LogP contribution in [-0.4, -0.2) is 0 Å². The average Bonchev–Trinajstić information content (AvgIpc) is 2.10. The third-order valence-electron chi connectivity index (χ3n) is 1.44. The molecule has 1 nitrogen and oxygen atoms in total. The van der Waals surface area contributed by atoms with Crippen LogP contribution in [-0.2, 0) is 0 Å². The van der Waals surface area contributed by atoms with Crippen LogP contribution in [0.5, 0.6) is 0 Å². The molecule has 60 valence electrons. The first-order valence-corrected chi connectivity index (χ1v) is 4.03. The fourth-order valence-corrected chi connectivity index (χ4v) is 0.834. The zero-order valence-electron chi connectivity index (χ0n) is 7.46. The van der Waals surface area contributed by atoms with Crippen LogP contribution < -0.4 is 0 Å². The smallest absolute Gasteiger partial charge is 0.0905 e. The predicted molar refractivity (Wildman–Crippen MR) is 48.0 cm³/mol. The molecule has 0 saturated carbocycles. The largest absolute Gasteiger partial charge is 0.197 e. The molecule has 1 aliphatic carbocycles. The van der Waals surface area contributed by atoms with Gasteiger partial charge in [-0.05, 0) is 13.3 Å². The molecule has 1 rings (SSSR count). The molecule has 0 fully saturated rings. The second kappa shape index (κ2) is 4.73. The Hall–Kier alpha value is -1.03. The second-order valence-corrected chi connectivity index (χ2v) is 2.43. The lowest BCUT2D eigenvalue weighted by molar-refractivity contribution is 0.720. The van der Waals surface area contributed by atoms with Gasteiger partial charge in [0, 0.05) is 0 Å². The minimum Gasteiger partial charge on any atom is -0.197 e. The first-order chi connectivity index (χ1) is 5.27. The minimum atomic E-state index is -0.335. The van der Waals surface area contributed by atoms with Gasteiger partial charge in [0.2, 0.25) is 0 Å². The van der Waals surface area contributed by atoms with Crippen LogP contribution in [0.4, 0.5) is 0 Å². The van der Waals surface area contributed by atoms with E-state index >= 15 is 0 Å². The van der Waals surface area contributed by atoms with Gasteiger partial charge in [-0.15, -0.1) is 0 Å². The van der Waals surface area contributed by atoms with Crippen LogP contribution in [0.15, 0.2) is 24.3 Å². The van der Waals surface area contributed by atoms with Crippen molar-refractivity contribution in [3.05, 3.63) is 24.3 Å². The van der Waals surface area contributed by atoms with Gasteiger partial charge in [0.1, 0.15) is 0 Å². The first kappa shape index (κ1) is 9.97. The molecule has 0 N–H and O–H groups in total. The highest BCUT2D eigenvalue weighted by Gasteiger charge is 2.16. The molecule has 0 aromatic rings. The fourth-order valence-electron chi connectivity index (χ4n) is 0.834. The Labute approximate surface area is 69.0 Å². The van der Waals surface area contributed by atoms with Crippen molar-refractivity contribution in [2.45, 2.75) is 27.2 Å². The summed E-state index contributed by atoms with van der Waals surface area (Å²) in [5, 5.41) is 8.60. The summed E-state index contributed by atoms with van der Waals surface area (Å²) in [6.45, 7) is 5.90. The molecule has 0 bridgehead atoms. The van der Waals surface area contributed by atoms with Crippen LogP contribution in [0.2, 0.25) is 0 Å². The van der Waals surface area contributed by atoms with Gasteiger partial charge in [0.25, 0.3) is 0 Å². The van der Waals surface area contributed by atoms with E-state index in [1.807, 2.05) is 45.1 Å². The topological polar surface area (TPSA) is 23.8 Å². The highest BCUT2D eigenvalue weighted by atomic mass is 14.3. The molecule has 11 heavy (non-hydrogen) atoms. The van der Waals surface area contributed by atoms with Crippen molar-refractivity contribution in [2.24, 2.45) is 5.41 Å². The van der Waals surface area contributed by atoms with Gasteiger partial charge in [-0.1, -0.05) is 38.2 Å². The number of allylic oxidation sites excluding steroid dienone is 4. The Kier molecular flexibility index (Phi) is 4.29. The Morgan fingerprint density at radius 1 is 1.27 bits per heavy atom. The molecular formula is C10H15N. The van der Waals surface area contributed by atoms with Gasteiger partial charge >= 0.3 is 0 Å². The second-order valence-electron chi connectivity index (χ2n) is 2.43. The van der Waals surface area contributed by atoms with Gasteiger partial charge in [-0.2, -0.15) is 5.26 Å². The summed E-state index contributed by atoms with van der Waals surface area (Å²) in [6.07, 6.45) is 8.88. The Morgan fingerprint density at radius 3 is 2.00 bits per heavy atom. The quantitative estimate of drug-likeness (QED) is 0.485. The van der Waals surface area contributed by atoms with E-state index < -0.39 is 0 Å². The van der Waals surface area contributed by atoms with E-state index in [1.54, 1.807) is 0 Å². The van der Waals surface area contributed by atoms with E-state index in [2.05, 4.69) is 6.07 Å². The van der Waals surface area contributed by atoms with Gasteiger partial charge < -0.3 is 0 Å². The molecule has 0 saturated heterocycles. The molecule has 1 aliphatic rings. The zero-order valence-corrected chi connectivity index (χ0v) is 7.46. The molecule has 1 heteroatoms. The zero-order chi connectivity index (χ0) is 8.74. The lowest BCUT2D eigenvalue weighted by Crippen LogP contribution is -2.06. The maximum absolute atomic E-state index is 8.60. The Bertz CT molecular complexity index is 181. The molecule has 0 unspecified atom stereocenters. The summed E-state index contributed by atoms with van der Waals surface area (Å²) in [5.74, 6) is 0. The van der Waals surface area contributed by atoms with Gasteiger partial charge in [-0.3, -0.25) is 0 Å². The van der Waals surface area contributed by atoms with Crippen molar-refractivity contribution in [3.63, 3.8) is 0 Å². The molecule has 0 amide bonds. The molecular weight excluding hydrogens is 134 g/mol. The van der Waals surface area contributed by atoms with Crippen LogP contribution in [0, 0.1) is 16.7 Å². The number of hydrogen-bond acceptors (Lipinski definition) is 1. The van der Waals surface area contributed by atoms with Crippen LogP contribution in [0.1, 0.15) is 27.2 Å². The summed E-state index contributed by atoms with van der Waals surface area (Å²) in [4.78, 5) is 0. The summed E-state index contributed by atoms with van der Waals surface area (Å²) in [6, 6.07) is 2.21. The monoisotopic (exact) mass is 149 g/mol. The van der Waals surface area contributed by atoms with E-state index in [-0.39, 0.29) is 5.41 Å². The Balaban J connectivity index is 0.000000461. The van der Waals surface area contributed by atoms with E-state index in [0.717, 1.165) is 6.42 Å². The maximum Gasteiger partial charge on any atom is 0.0905 e. The number of nitriles is 1. The van der Waals surface area contributed by atoms with Crippen LogP contribution >= 0.6 is 0 Å². The third kappa shape index (κ3) is 3.04. The van der Waals surface area contributed by atoms with Crippen molar-refractivity contribution in [1.29, 1.82) is 5.26 Å². The predicted octanol–water partition coefficient (Wildman–Crippen LogP) is 3.06. The van der Waals surface area contributed by atoms with Crippen molar-refractivity contribution in [2.75, 3.05) is 0 Å². The fraction of sp³-hybridized carbons (Fsp3) is 0.500. The Morgan fingerprint density at radius 2 is 1.73 bits per heavy atom. The molecule has 0 aromatic carbocycles. The lowest BCUT2D eigenvalue weighted by atomic mass is 9.88. The summed E-state index contributed by atoms with van der Waals surface area (Å²) >= 11 is 0. The van der Waals surface area contributed by atoms with Gasteiger partial charge in [0.05, 0.1) is 11.5 Å². The lowest BCUT2D eigenvalue weighted by Gasteiger charge is -2.13. The molecule has 0 aromatic heterocycles. The first-order valence-electron chi connectivity index (χ1n) is 4.03. The van der Waals surface area contributed by atoms with Gasteiger partial charge in [-0.25, -0.2) is 0 Å². The highest BCUT2D eigenvalue weighted by molar-refractivity contribution is 5.24. The van der Waals surface area contributed by atoms with E-state index in [0.29, 0.717) is 0 Å². The van der Waals surface area contributed by atoms with E-state index in [1.165, 1.54) is 0 Å². The third-order valence-corrected chi connectivity index (χ3v) is 1.44. The summed E-state index contributed by atoms with van der Waals surface area (Å²) in [7, 11) is 0. The van der Waals surface area contributed by atoms with Crippen LogP contribution in [0.3, 0.4) is 0 Å². The van der Waals surface area contributed by atoms with Crippen molar-refractivity contribution < 1.29 is 0 Å². The molecule has 0 spiro atoms. The number of hydrogen-bond donors (Lipinski definition) is 0. The number of rotatable bonds is 0. The molecule has 0 heterocycles. The van der Waals surface area contributed by atoms with E-state index in [9.17, 15) is 0 Å².